The predicted molar refractivity (Wildman–Crippen MR) is 70.7 cm³/mol. The van der Waals surface area contributed by atoms with E-state index in [1.54, 1.807) is 0 Å². The zero-order valence-corrected chi connectivity index (χ0v) is 10.7. The Morgan fingerprint density at radius 1 is 1.24 bits per heavy atom. The van der Waals surface area contributed by atoms with Crippen LogP contribution >= 0.6 is 0 Å². The lowest BCUT2D eigenvalue weighted by atomic mass is 10.1. The smallest absolute Gasteiger partial charge is 0.0233 e. The predicted octanol–water partition coefficient (Wildman–Crippen LogP) is 2.52. The van der Waals surface area contributed by atoms with Gasteiger partial charge in [-0.25, -0.2) is 0 Å². The van der Waals surface area contributed by atoms with Gasteiger partial charge in [0.25, 0.3) is 0 Å². The SMILES string of the molecule is CCN(Cc1ccc2c(c1)CNC2)CC1CC1. The van der Waals surface area contributed by atoms with Crippen LogP contribution in [0.3, 0.4) is 0 Å². The standard InChI is InChI=1S/C15H22N2/c1-2-17(10-12-3-4-12)11-13-5-6-14-8-16-9-15(14)7-13/h5-7,12,16H,2-4,8-11H2,1H3. The van der Waals surface area contributed by atoms with E-state index in [1.807, 2.05) is 0 Å². The van der Waals surface area contributed by atoms with E-state index in [4.69, 9.17) is 0 Å². The van der Waals surface area contributed by atoms with Crippen molar-refractivity contribution in [1.82, 2.24) is 10.2 Å². The molecule has 1 saturated carbocycles. The number of benzene rings is 1. The molecule has 0 unspecified atom stereocenters. The van der Waals surface area contributed by atoms with Crippen LogP contribution in [0.1, 0.15) is 36.5 Å². The van der Waals surface area contributed by atoms with Gasteiger partial charge in [-0.15, -0.1) is 0 Å². The van der Waals surface area contributed by atoms with Crippen molar-refractivity contribution in [3.63, 3.8) is 0 Å². The van der Waals surface area contributed by atoms with Crippen LogP contribution in [0.5, 0.6) is 0 Å². The maximum absolute atomic E-state index is 3.41. The Balaban J connectivity index is 1.66. The molecule has 1 aliphatic carbocycles. The molecule has 2 aliphatic rings. The third-order valence-electron chi connectivity index (χ3n) is 3.97. The fraction of sp³-hybridized carbons (Fsp3) is 0.600. The Hall–Kier alpha value is -0.860. The number of hydrogen-bond donors (Lipinski definition) is 1. The van der Waals surface area contributed by atoms with Crippen molar-refractivity contribution in [2.24, 2.45) is 5.92 Å². The Kier molecular flexibility index (Phi) is 3.17. The summed E-state index contributed by atoms with van der Waals surface area (Å²) in [6, 6.07) is 7.00. The quantitative estimate of drug-likeness (QED) is 0.836. The normalized spacial score (nSPS) is 18.7. The summed E-state index contributed by atoms with van der Waals surface area (Å²) in [6.45, 7) is 7.97. The molecule has 1 N–H and O–H groups in total. The fourth-order valence-corrected chi connectivity index (χ4v) is 2.68. The molecule has 1 aromatic carbocycles. The molecule has 2 heteroatoms. The molecule has 0 spiro atoms. The number of nitrogens with one attached hydrogen (secondary N) is 1. The monoisotopic (exact) mass is 230 g/mol. The molecule has 1 aromatic rings. The molecular weight excluding hydrogens is 208 g/mol. The van der Waals surface area contributed by atoms with E-state index in [0.717, 1.165) is 25.6 Å². The topological polar surface area (TPSA) is 15.3 Å². The van der Waals surface area contributed by atoms with Crippen LogP contribution in [0.15, 0.2) is 18.2 Å². The zero-order valence-electron chi connectivity index (χ0n) is 10.7. The molecule has 0 radical (unpaired) electrons. The molecule has 1 fully saturated rings. The Morgan fingerprint density at radius 3 is 2.82 bits per heavy atom. The minimum Gasteiger partial charge on any atom is -0.309 e. The molecule has 0 saturated heterocycles. The molecule has 92 valence electrons. The van der Waals surface area contributed by atoms with Gasteiger partial charge in [0.1, 0.15) is 0 Å². The van der Waals surface area contributed by atoms with Gasteiger partial charge in [0.05, 0.1) is 0 Å². The molecule has 2 nitrogen and oxygen atoms in total. The van der Waals surface area contributed by atoms with Crippen LogP contribution < -0.4 is 5.32 Å². The van der Waals surface area contributed by atoms with Crippen molar-refractivity contribution in [3.05, 3.63) is 34.9 Å². The Bertz CT molecular complexity index is 396. The minimum absolute atomic E-state index is 0.992. The lowest BCUT2D eigenvalue weighted by molar-refractivity contribution is 0.268. The second-order valence-electron chi connectivity index (χ2n) is 5.48. The second-order valence-corrected chi connectivity index (χ2v) is 5.48. The third-order valence-corrected chi connectivity index (χ3v) is 3.97. The number of rotatable bonds is 5. The molecule has 17 heavy (non-hydrogen) atoms. The van der Waals surface area contributed by atoms with Gasteiger partial charge in [0.2, 0.25) is 0 Å². The van der Waals surface area contributed by atoms with Crippen LogP contribution in [0.25, 0.3) is 0 Å². The van der Waals surface area contributed by atoms with Crippen LogP contribution in [0.2, 0.25) is 0 Å². The first-order valence-electron chi connectivity index (χ1n) is 6.89. The maximum atomic E-state index is 3.41. The molecule has 3 rings (SSSR count). The Labute approximate surface area is 104 Å². The zero-order chi connectivity index (χ0) is 11.7. The fourth-order valence-electron chi connectivity index (χ4n) is 2.68. The first kappa shape index (κ1) is 11.2. The summed E-state index contributed by atoms with van der Waals surface area (Å²) in [5.41, 5.74) is 4.47. The molecule has 1 heterocycles. The number of fused-ring (bicyclic) bond motifs is 1. The van der Waals surface area contributed by atoms with Gasteiger partial charge >= 0.3 is 0 Å². The van der Waals surface area contributed by atoms with Gasteiger partial charge in [-0.2, -0.15) is 0 Å². The van der Waals surface area contributed by atoms with E-state index in [0.29, 0.717) is 0 Å². The average Bonchev–Trinajstić information content (AvgIpc) is 3.04. The summed E-state index contributed by atoms with van der Waals surface area (Å²) in [5, 5.41) is 3.41. The van der Waals surface area contributed by atoms with Crippen molar-refractivity contribution in [1.29, 1.82) is 0 Å². The minimum atomic E-state index is 0.992. The molecular formula is C15H22N2. The largest absolute Gasteiger partial charge is 0.309 e. The molecule has 0 bridgehead atoms. The highest BCUT2D eigenvalue weighted by molar-refractivity contribution is 5.34. The summed E-state index contributed by atoms with van der Waals surface area (Å²) in [5.74, 6) is 0.992. The van der Waals surface area contributed by atoms with E-state index in [-0.39, 0.29) is 0 Å². The second kappa shape index (κ2) is 4.79. The molecule has 0 aromatic heterocycles. The highest BCUT2D eigenvalue weighted by Gasteiger charge is 2.23. The maximum Gasteiger partial charge on any atom is 0.0233 e. The highest BCUT2D eigenvalue weighted by atomic mass is 15.1. The first-order chi connectivity index (χ1) is 8.35. The van der Waals surface area contributed by atoms with Crippen molar-refractivity contribution in [2.75, 3.05) is 13.1 Å². The summed E-state index contributed by atoms with van der Waals surface area (Å²) >= 11 is 0. The van der Waals surface area contributed by atoms with Gasteiger partial charge in [-0.1, -0.05) is 25.1 Å². The molecule has 0 amide bonds. The number of hydrogen-bond acceptors (Lipinski definition) is 2. The van der Waals surface area contributed by atoms with Gasteiger partial charge in [0, 0.05) is 26.2 Å². The average molecular weight is 230 g/mol. The third kappa shape index (κ3) is 2.70. The van der Waals surface area contributed by atoms with E-state index in [9.17, 15) is 0 Å². The first-order valence-corrected chi connectivity index (χ1v) is 6.89. The van der Waals surface area contributed by atoms with Crippen LogP contribution in [-0.2, 0) is 19.6 Å². The lowest BCUT2D eigenvalue weighted by Gasteiger charge is -2.20. The van der Waals surface area contributed by atoms with Gasteiger partial charge < -0.3 is 5.32 Å². The van der Waals surface area contributed by atoms with Crippen LogP contribution in [0.4, 0.5) is 0 Å². The summed E-state index contributed by atoms with van der Waals surface area (Å²) < 4.78 is 0. The summed E-state index contributed by atoms with van der Waals surface area (Å²) in [7, 11) is 0. The van der Waals surface area contributed by atoms with Gasteiger partial charge in [-0.05, 0) is 42.0 Å². The summed E-state index contributed by atoms with van der Waals surface area (Å²) in [6.07, 6.45) is 2.90. The highest BCUT2D eigenvalue weighted by Crippen LogP contribution is 2.30. The van der Waals surface area contributed by atoms with Crippen molar-refractivity contribution < 1.29 is 0 Å². The molecule has 0 atom stereocenters. The van der Waals surface area contributed by atoms with Crippen molar-refractivity contribution in [2.45, 2.75) is 39.4 Å². The number of nitrogens with zero attached hydrogens (tertiary/aromatic N) is 1. The van der Waals surface area contributed by atoms with E-state index < -0.39 is 0 Å². The molecule has 1 aliphatic heterocycles. The van der Waals surface area contributed by atoms with E-state index in [1.165, 1.54) is 42.6 Å². The Morgan fingerprint density at radius 2 is 2.06 bits per heavy atom. The van der Waals surface area contributed by atoms with Gasteiger partial charge in [-0.3, -0.25) is 4.90 Å². The lowest BCUT2D eigenvalue weighted by Crippen LogP contribution is -2.25. The van der Waals surface area contributed by atoms with E-state index >= 15 is 0 Å². The van der Waals surface area contributed by atoms with Crippen molar-refractivity contribution >= 4 is 0 Å². The van der Waals surface area contributed by atoms with Crippen LogP contribution in [0, 0.1) is 5.92 Å². The summed E-state index contributed by atoms with van der Waals surface area (Å²) in [4.78, 5) is 2.59. The van der Waals surface area contributed by atoms with Gasteiger partial charge in [0.15, 0.2) is 0 Å². The van der Waals surface area contributed by atoms with E-state index in [2.05, 4.69) is 35.3 Å². The van der Waals surface area contributed by atoms with Crippen molar-refractivity contribution in [3.8, 4) is 0 Å². The van der Waals surface area contributed by atoms with Crippen LogP contribution in [-0.4, -0.2) is 18.0 Å².